The molecule has 0 saturated heterocycles. The van der Waals surface area contributed by atoms with Crippen molar-refractivity contribution >= 4 is 21.9 Å². The molecule has 1 aliphatic carbocycles. The van der Waals surface area contributed by atoms with Crippen LogP contribution in [0.3, 0.4) is 0 Å². The Kier molecular flexibility index (Phi) is 4.07. The predicted octanol–water partition coefficient (Wildman–Crippen LogP) is 2.89. The van der Waals surface area contributed by atoms with E-state index in [0.717, 1.165) is 17.3 Å². The van der Waals surface area contributed by atoms with Crippen molar-refractivity contribution in [1.82, 2.24) is 0 Å². The summed E-state index contributed by atoms with van der Waals surface area (Å²) in [6.07, 6.45) is 2.92. The average molecular weight is 312 g/mol. The minimum absolute atomic E-state index is 0.159. The summed E-state index contributed by atoms with van der Waals surface area (Å²) >= 11 is 3.47. The number of fused-ring (bicyclic) bond motifs is 1. The summed E-state index contributed by atoms with van der Waals surface area (Å²) in [5.74, 6) is -0.159. The van der Waals surface area contributed by atoms with Gasteiger partial charge in [-0.3, -0.25) is 4.79 Å². The van der Waals surface area contributed by atoms with Gasteiger partial charge in [0, 0.05) is 16.4 Å². The summed E-state index contributed by atoms with van der Waals surface area (Å²) in [5, 5.41) is 0. The summed E-state index contributed by atoms with van der Waals surface area (Å²) in [6.45, 7) is 2.25. The number of carbonyl (C=O) groups excluding carboxylic acids is 1. The van der Waals surface area contributed by atoms with E-state index in [2.05, 4.69) is 28.1 Å². The molecule has 0 aromatic heterocycles. The first kappa shape index (κ1) is 13.6. The first-order valence-electron chi connectivity index (χ1n) is 6.28. The smallest absolute Gasteiger partial charge is 0.305 e. The number of esters is 1. The van der Waals surface area contributed by atoms with Gasteiger partial charge < -0.3 is 10.5 Å². The van der Waals surface area contributed by atoms with Gasteiger partial charge >= 0.3 is 5.97 Å². The molecule has 0 heterocycles. The van der Waals surface area contributed by atoms with Crippen LogP contribution in [0.2, 0.25) is 0 Å². The second-order valence-electron chi connectivity index (χ2n) is 4.76. The van der Waals surface area contributed by atoms with Gasteiger partial charge in [-0.2, -0.15) is 0 Å². The fourth-order valence-corrected chi connectivity index (χ4v) is 2.97. The van der Waals surface area contributed by atoms with Crippen molar-refractivity contribution in [3.63, 3.8) is 0 Å². The maximum absolute atomic E-state index is 11.4. The topological polar surface area (TPSA) is 52.3 Å². The van der Waals surface area contributed by atoms with E-state index in [-0.39, 0.29) is 11.5 Å². The molecule has 98 valence electrons. The van der Waals surface area contributed by atoms with E-state index < -0.39 is 0 Å². The van der Waals surface area contributed by atoms with E-state index in [1.807, 2.05) is 13.0 Å². The molecule has 1 atom stereocenters. The number of carbonyl (C=O) groups is 1. The highest BCUT2D eigenvalue weighted by Gasteiger charge is 2.35. The summed E-state index contributed by atoms with van der Waals surface area (Å²) in [6, 6.07) is 6.20. The lowest BCUT2D eigenvalue weighted by atomic mass is 9.88. The largest absolute Gasteiger partial charge is 0.466 e. The summed E-state index contributed by atoms with van der Waals surface area (Å²) in [5.41, 5.74) is 8.53. The number of ether oxygens (including phenoxy) is 1. The number of halogens is 1. The molecule has 4 heteroatoms. The molecule has 0 aliphatic heterocycles. The van der Waals surface area contributed by atoms with Gasteiger partial charge in [0.1, 0.15) is 0 Å². The van der Waals surface area contributed by atoms with Gasteiger partial charge in [-0.05, 0) is 49.4 Å². The zero-order chi connectivity index (χ0) is 13.2. The molecule has 1 aliphatic rings. The standard InChI is InChI=1S/C14H18BrNO2/c1-2-18-13(17)6-8-14(16)7-5-10-9-11(15)3-4-12(10)14/h3-4,9H,2,5-8,16H2,1H3. The molecule has 0 bridgehead atoms. The molecule has 0 spiro atoms. The Labute approximate surface area is 116 Å². The van der Waals surface area contributed by atoms with Crippen LogP contribution in [0.25, 0.3) is 0 Å². The fraction of sp³-hybridized carbons (Fsp3) is 0.500. The Balaban J connectivity index is 2.08. The Morgan fingerprint density at radius 3 is 3.06 bits per heavy atom. The van der Waals surface area contributed by atoms with Gasteiger partial charge in [-0.1, -0.05) is 22.0 Å². The average Bonchev–Trinajstić information content (AvgIpc) is 2.65. The third-order valence-corrected chi connectivity index (χ3v) is 4.02. The molecular weight excluding hydrogens is 294 g/mol. The Morgan fingerprint density at radius 2 is 2.33 bits per heavy atom. The molecule has 0 radical (unpaired) electrons. The highest BCUT2D eigenvalue weighted by Crippen LogP contribution is 2.39. The number of benzene rings is 1. The fourth-order valence-electron chi connectivity index (χ4n) is 2.57. The third-order valence-electron chi connectivity index (χ3n) is 3.52. The monoisotopic (exact) mass is 311 g/mol. The normalized spacial score (nSPS) is 21.7. The Hall–Kier alpha value is -0.870. The van der Waals surface area contributed by atoms with Crippen molar-refractivity contribution in [3.8, 4) is 0 Å². The van der Waals surface area contributed by atoms with E-state index in [1.165, 1.54) is 11.1 Å². The van der Waals surface area contributed by atoms with Crippen LogP contribution in [-0.2, 0) is 21.5 Å². The maximum atomic E-state index is 11.4. The van der Waals surface area contributed by atoms with E-state index >= 15 is 0 Å². The summed E-state index contributed by atoms with van der Waals surface area (Å²) in [4.78, 5) is 11.4. The highest BCUT2D eigenvalue weighted by atomic mass is 79.9. The van der Waals surface area contributed by atoms with Crippen molar-refractivity contribution in [2.75, 3.05) is 6.61 Å². The van der Waals surface area contributed by atoms with Crippen LogP contribution in [0.4, 0.5) is 0 Å². The molecule has 18 heavy (non-hydrogen) atoms. The van der Waals surface area contributed by atoms with Gasteiger partial charge in [0.2, 0.25) is 0 Å². The highest BCUT2D eigenvalue weighted by molar-refractivity contribution is 9.10. The lowest BCUT2D eigenvalue weighted by Crippen LogP contribution is -2.34. The van der Waals surface area contributed by atoms with Gasteiger partial charge in [0.25, 0.3) is 0 Å². The van der Waals surface area contributed by atoms with Crippen LogP contribution >= 0.6 is 15.9 Å². The minimum Gasteiger partial charge on any atom is -0.466 e. The molecule has 2 N–H and O–H groups in total. The molecular formula is C14H18BrNO2. The second kappa shape index (κ2) is 5.41. The van der Waals surface area contributed by atoms with Crippen LogP contribution in [0.15, 0.2) is 22.7 Å². The first-order valence-corrected chi connectivity index (χ1v) is 7.08. The molecule has 0 amide bonds. The number of rotatable bonds is 4. The molecule has 1 aromatic rings. The van der Waals surface area contributed by atoms with Gasteiger partial charge in [-0.15, -0.1) is 0 Å². The van der Waals surface area contributed by atoms with E-state index in [9.17, 15) is 4.79 Å². The van der Waals surface area contributed by atoms with Gasteiger partial charge in [-0.25, -0.2) is 0 Å². The third kappa shape index (κ3) is 2.75. The number of nitrogens with two attached hydrogens (primary N) is 1. The second-order valence-corrected chi connectivity index (χ2v) is 5.68. The van der Waals surface area contributed by atoms with Crippen LogP contribution in [-0.4, -0.2) is 12.6 Å². The SMILES string of the molecule is CCOC(=O)CCC1(N)CCc2cc(Br)ccc21. The molecule has 0 saturated carbocycles. The summed E-state index contributed by atoms with van der Waals surface area (Å²) < 4.78 is 6.03. The van der Waals surface area contributed by atoms with E-state index in [1.54, 1.807) is 0 Å². The van der Waals surface area contributed by atoms with Crippen LogP contribution < -0.4 is 5.73 Å². The van der Waals surface area contributed by atoms with Crippen LogP contribution in [0.1, 0.15) is 37.3 Å². The van der Waals surface area contributed by atoms with Crippen molar-refractivity contribution in [1.29, 1.82) is 0 Å². The van der Waals surface area contributed by atoms with Gasteiger partial charge in [0.05, 0.1) is 6.61 Å². The minimum atomic E-state index is -0.372. The van der Waals surface area contributed by atoms with Crippen molar-refractivity contribution < 1.29 is 9.53 Å². The van der Waals surface area contributed by atoms with Crippen LogP contribution in [0.5, 0.6) is 0 Å². The van der Waals surface area contributed by atoms with Crippen molar-refractivity contribution in [3.05, 3.63) is 33.8 Å². The lowest BCUT2D eigenvalue weighted by molar-refractivity contribution is -0.143. The number of hydrogen-bond donors (Lipinski definition) is 1. The molecule has 3 nitrogen and oxygen atoms in total. The van der Waals surface area contributed by atoms with E-state index in [4.69, 9.17) is 10.5 Å². The Bertz CT molecular complexity index is 461. The molecule has 2 rings (SSSR count). The number of hydrogen-bond acceptors (Lipinski definition) is 3. The molecule has 1 aromatic carbocycles. The molecule has 1 unspecified atom stereocenters. The van der Waals surface area contributed by atoms with Crippen LogP contribution in [0, 0.1) is 0 Å². The quantitative estimate of drug-likeness (QED) is 0.870. The molecule has 0 fully saturated rings. The zero-order valence-corrected chi connectivity index (χ0v) is 12.1. The van der Waals surface area contributed by atoms with Crippen molar-refractivity contribution in [2.24, 2.45) is 5.73 Å². The predicted molar refractivity (Wildman–Crippen MR) is 74.2 cm³/mol. The number of aryl methyl sites for hydroxylation is 1. The summed E-state index contributed by atoms with van der Waals surface area (Å²) in [7, 11) is 0. The van der Waals surface area contributed by atoms with Gasteiger partial charge in [0.15, 0.2) is 0 Å². The first-order chi connectivity index (χ1) is 8.55. The van der Waals surface area contributed by atoms with Crippen molar-refractivity contribution in [2.45, 2.75) is 38.1 Å². The van der Waals surface area contributed by atoms with E-state index in [0.29, 0.717) is 19.4 Å². The Morgan fingerprint density at radius 1 is 1.56 bits per heavy atom. The lowest BCUT2D eigenvalue weighted by Gasteiger charge is -2.25. The zero-order valence-electron chi connectivity index (χ0n) is 10.5. The maximum Gasteiger partial charge on any atom is 0.305 e.